The second-order valence-corrected chi connectivity index (χ2v) is 5.98. The number of amides is 1. The van der Waals surface area contributed by atoms with E-state index < -0.39 is 5.91 Å². The summed E-state index contributed by atoms with van der Waals surface area (Å²) < 4.78 is 11.0. The van der Waals surface area contributed by atoms with Crippen molar-refractivity contribution in [2.24, 2.45) is 5.73 Å². The predicted octanol–water partition coefficient (Wildman–Crippen LogP) is 4.73. The summed E-state index contributed by atoms with van der Waals surface area (Å²) in [7, 11) is 1.49. The zero-order valence-corrected chi connectivity index (χ0v) is 15.0. The van der Waals surface area contributed by atoms with Crippen LogP contribution < -0.4 is 15.2 Å². The molecule has 0 heterocycles. The number of hydrogen-bond donors (Lipinski definition) is 1. The molecule has 0 aromatic heterocycles. The summed E-state index contributed by atoms with van der Waals surface area (Å²) in [6.45, 7) is 0.130. The molecule has 0 atom stereocenters. The molecule has 7 heteroatoms. The van der Waals surface area contributed by atoms with E-state index >= 15 is 0 Å². The van der Waals surface area contributed by atoms with E-state index in [-0.39, 0.29) is 6.61 Å². The molecular weight excluding hydrogens is 373 g/mol. The van der Waals surface area contributed by atoms with Gasteiger partial charge in [0.2, 0.25) is 5.91 Å². The normalized spacial score (nSPS) is 10.8. The van der Waals surface area contributed by atoms with Crippen molar-refractivity contribution in [2.45, 2.75) is 6.61 Å². The van der Waals surface area contributed by atoms with Gasteiger partial charge in [0.1, 0.15) is 6.61 Å². The number of ether oxygens (including phenoxy) is 2. The zero-order valence-electron chi connectivity index (χ0n) is 12.7. The van der Waals surface area contributed by atoms with Crippen LogP contribution in [0, 0.1) is 0 Å². The third-order valence-corrected chi connectivity index (χ3v) is 4.10. The lowest BCUT2D eigenvalue weighted by molar-refractivity contribution is -0.113. The third-order valence-electron chi connectivity index (χ3n) is 3.11. The van der Waals surface area contributed by atoms with Crippen molar-refractivity contribution < 1.29 is 14.3 Å². The first-order chi connectivity index (χ1) is 11.4. The highest BCUT2D eigenvalue weighted by Crippen LogP contribution is 2.38. The molecule has 0 aliphatic carbocycles. The van der Waals surface area contributed by atoms with Gasteiger partial charge in [0.15, 0.2) is 11.5 Å². The monoisotopic (exact) mass is 385 g/mol. The van der Waals surface area contributed by atoms with Crippen LogP contribution in [0.25, 0.3) is 6.08 Å². The molecule has 2 rings (SSSR count). The maximum Gasteiger partial charge on any atom is 0.241 e. The van der Waals surface area contributed by atoms with E-state index in [1.54, 1.807) is 30.3 Å². The molecule has 24 heavy (non-hydrogen) atoms. The standard InChI is InChI=1S/C17H14Cl3NO3/c1-23-15-8-10(5-6-16(21)22)7-14(20)17(15)24-9-11-12(18)3-2-4-13(11)19/h2-8H,9H2,1H3,(H2,21,22). The summed E-state index contributed by atoms with van der Waals surface area (Å²) in [5, 5.41) is 1.32. The summed E-state index contributed by atoms with van der Waals surface area (Å²) in [6.07, 6.45) is 2.76. The van der Waals surface area contributed by atoms with E-state index in [9.17, 15) is 4.79 Å². The van der Waals surface area contributed by atoms with E-state index in [1.807, 2.05) is 0 Å². The Morgan fingerprint density at radius 2 is 1.83 bits per heavy atom. The topological polar surface area (TPSA) is 61.5 Å². The van der Waals surface area contributed by atoms with Crippen molar-refractivity contribution in [1.82, 2.24) is 0 Å². The molecule has 4 nitrogen and oxygen atoms in total. The van der Waals surface area contributed by atoms with Crippen molar-refractivity contribution in [2.75, 3.05) is 7.11 Å². The molecular formula is C17H14Cl3NO3. The Hall–Kier alpha value is -1.88. The van der Waals surface area contributed by atoms with E-state index in [1.165, 1.54) is 19.3 Å². The van der Waals surface area contributed by atoms with Gasteiger partial charge in [0.25, 0.3) is 0 Å². The first kappa shape index (κ1) is 18.5. The van der Waals surface area contributed by atoms with Gasteiger partial charge < -0.3 is 15.2 Å². The molecule has 126 valence electrons. The molecule has 0 saturated heterocycles. The van der Waals surface area contributed by atoms with Gasteiger partial charge in [-0.15, -0.1) is 0 Å². The Morgan fingerprint density at radius 3 is 2.42 bits per heavy atom. The van der Waals surface area contributed by atoms with Gasteiger partial charge in [-0.05, 0) is 35.9 Å². The van der Waals surface area contributed by atoms with E-state index in [0.717, 1.165) is 0 Å². The predicted molar refractivity (Wildman–Crippen MR) is 97.0 cm³/mol. The Labute approximate surface area is 154 Å². The first-order valence-corrected chi connectivity index (χ1v) is 7.96. The van der Waals surface area contributed by atoms with Gasteiger partial charge in [-0.1, -0.05) is 40.9 Å². The Balaban J connectivity index is 2.28. The highest BCUT2D eigenvalue weighted by molar-refractivity contribution is 6.36. The number of rotatable bonds is 6. The number of hydrogen-bond acceptors (Lipinski definition) is 3. The first-order valence-electron chi connectivity index (χ1n) is 6.83. The zero-order chi connectivity index (χ0) is 17.7. The Bertz CT molecular complexity index is 771. The van der Waals surface area contributed by atoms with Crippen LogP contribution in [-0.4, -0.2) is 13.0 Å². The SMILES string of the molecule is COc1cc(C=CC(N)=O)cc(Cl)c1OCc1c(Cl)cccc1Cl. The number of methoxy groups -OCH3 is 1. The maximum atomic E-state index is 10.8. The Morgan fingerprint density at radius 1 is 1.17 bits per heavy atom. The lowest BCUT2D eigenvalue weighted by atomic mass is 10.2. The summed E-state index contributed by atoms with van der Waals surface area (Å²) >= 11 is 18.5. The quantitative estimate of drug-likeness (QED) is 0.730. The molecule has 0 unspecified atom stereocenters. The minimum absolute atomic E-state index is 0.130. The average molecular weight is 387 g/mol. The minimum Gasteiger partial charge on any atom is -0.493 e. The van der Waals surface area contributed by atoms with E-state index in [4.69, 9.17) is 50.0 Å². The largest absolute Gasteiger partial charge is 0.493 e. The fourth-order valence-electron chi connectivity index (χ4n) is 1.97. The Kier molecular flexibility index (Phi) is 6.37. The summed E-state index contributed by atoms with van der Waals surface area (Å²) in [6, 6.07) is 8.51. The van der Waals surface area contributed by atoms with Crippen molar-refractivity contribution in [1.29, 1.82) is 0 Å². The number of benzene rings is 2. The number of primary amides is 1. The summed E-state index contributed by atoms with van der Waals surface area (Å²) in [5.41, 5.74) is 6.38. The van der Waals surface area contributed by atoms with Crippen LogP contribution in [0.4, 0.5) is 0 Å². The van der Waals surface area contributed by atoms with Crippen LogP contribution >= 0.6 is 34.8 Å². The van der Waals surface area contributed by atoms with Crippen LogP contribution in [0.5, 0.6) is 11.5 Å². The lowest BCUT2D eigenvalue weighted by Gasteiger charge is -2.14. The third kappa shape index (κ3) is 4.57. The van der Waals surface area contributed by atoms with E-state index in [2.05, 4.69) is 0 Å². The molecule has 2 aromatic rings. The number of halogens is 3. The fraction of sp³-hybridized carbons (Fsp3) is 0.118. The van der Waals surface area contributed by atoms with Gasteiger partial charge in [0.05, 0.1) is 12.1 Å². The highest BCUT2D eigenvalue weighted by Gasteiger charge is 2.14. The van der Waals surface area contributed by atoms with Crippen LogP contribution in [0.15, 0.2) is 36.4 Å². The van der Waals surface area contributed by atoms with Crippen LogP contribution in [-0.2, 0) is 11.4 Å². The minimum atomic E-state index is -0.557. The van der Waals surface area contributed by atoms with Gasteiger partial charge in [-0.2, -0.15) is 0 Å². The molecule has 0 bridgehead atoms. The van der Waals surface area contributed by atoms with E-state index in [0.29, 0.717) is 37.7 Å². The second kappa shape index (κ2) is 8.29. The molecule has 0 saturated carbocycles. The molecule has 2 aromatic carbocycles. The van der Waals surface area contributed by atoms with Crippen molar-refractivity contribution in [3.63, 3.8) is 0 Å². The van der Waals surface area contributed by atoms with Gasteiger partial charge in [-0.25, -0.2) is 0 Å². The second-order valence-electron chi connectivity index (χ2n) is 4.76. The molecule has 1 amide bonds. The summed E-state index contributed by atoms with van der Waals surface area (Å²) in [4.78, 5) is 10.8. The number of carbonyl (C=O) groups is 1. The molecule has 0 spiro atoms. The van der Waals surface area contributed by atoms with Crippen LogP contribution in [0.1, 0.15) is 11.1 Å². The molecule has 0 aliphatic heterocycles. The van der Waals surface area contributed by atoms with Crippen molar-refractivity contribution in [3.05, 3.63) is 62.6 Å². The molecule has 0 radical (unpaired) electrons. The average Bonchev–Trinajstić information content (AvgIpc) is 2.53. The van der Waals surface area contributed by atoms with Crippen molar-refractivity contribution >= 4 is 46.8 Å². The highest BCUT2D eigenvalue weighted by atomic mass is 35.5. The van der Waals surface area contributed by atoms with Gasteiger partial charge in [0, 0.05) is 21.7 Å². The van der Waals surface area contributed by atoms with Gasteiger partial charge >= 0.3 is 0 Å². The lowest BCUT2D eigenvalue weighted by Crippen LogP contribution is -2.05. The van der Waals surface area contributed by atoms with Crippen LogP contribution in [0.3, 0.4) is 0 Å². The molecule has 0 aliphatic rings. The summed E-state index contributed by atoms with van der Waals surface area (Å²) in [5.74, 6) is 0.208. The fourth-order valence-corrected chi connectivity index (χ4v) is 2.75. The smallest absolute Gasteiger partial charge is 0.241 e. The maximum absolute atomic E-state index is 10.8. The molecule has 0 fully saturated rings. The van der Waals surface area contributed by atoms with Gasteiger partial charge in [-0.3, -0.25) is 4.79 Å². The van der Waals surface area contributed by atoms with Crippen molar-refractivity contribution in [3.8, 4) is 11.5 Å². The number of nitrogens with two attached hydrogens (primary N) is 1. The number of carbonyl (C=O) groups excluding carboxylic acids is 1. The molecule has 2 N–H and O–H groups in total. The van der Waals surface area contributed by atoms with Crippen LogP contribution in [0.2, 0.25) is 15.1 Å².